The van der Waals surface area contributed by atoms with Crippen molar-refractivity contribution >= 4 is 5.91 Å². The molecule has 0 unspecified atom stereocenters. The molecule has 0 saturated carbocycles. The molecule has 3 heterocycles. The molecular weight excluding hydrogens is 254 g/mol. The van der Waals surface area contributed by atoms with Crippen LogP contribution >= 0.6 is 0 Å². The summed E-state index contributed by atoms with van der Waals surface area (Å²) < 4.78 is 0. The first-order valence-corrected chi connectivity index (χ1v) is 6.77. The summed E-state index contributed by atoms with van der Waals surface area (Å²) in [4.78, 5) is 22.5. The lowest BCUT2D eigenvalue weighted by Crippen LogP contribution is -2.29. The summed E-state index contributed by atoms with van der Waals surface area (Å²) in [6.07, 6.45) is 5.26. The van der Waals surface area contributed by atoms with Crippen LogP contribution in [-0.2, 0) is 4.79 Å². The topological polar surface area (TPSA) is 74.8 Å². The summed E-state index contributed by atoms with van der Waals surface area (Å²) in [5.41, 5.74) is 3.36. The van der Waals surface area contributed by atoms with E-state index in [1.54, 1.807) is 19.3 Å². The molecule has 0 radical (unpaired) electrons. The first-order chi connectivity index (χ1) is 9.66. The van der Waals surface area contributed by atoms with Crippen LogP contribution in [-0.4, -0.2) is 37.5 Å². The van der Waals surface area contributed by atoms with E-state index in [1.165, 1.54) is 0 Å². The zero-order valence-electron chi connectivity index (χ0n) is 11.6. The van der Waals surface area contributed by atoms with Gasteiger partial charge in [0.1, 0.15) is 11.4 Å². The number of aryl methyl sites for hydroxylation is 1. The van der Waals surface area contributed by atoms with E-state index in [9.17, 15) is 4.79 Å². The first kappa shape index (κ1) is 12.8. The molecule has 1 atom stereocenters. The Morgan fingerprint density at radius 1 is 1.40 bits per heavy atom. The highest BCUT2D eigenvalue weighted by Crippen LogP contribution is 2.34. The zero-order chi connectivity index (χ0) is 14.1. The molecule has 104 valence electrons. The molecule has 20 heavy (non-hydrogen) atoms. The number of carbonyl (C=O) groups is 1. The third kappa shape index (κ3) is 2.17. The quantitative estimate of drug-likeness (QED) is 0.904. The number of carbonyl (C=O) groups excluding carboxylic acids is 1. The van der Waals surface area contributed by atoms with E-state index in [-0.39, 0.29) is 11.9 Å². The van der Waals surface area contributed by atoms with Crippen LogP contribution in [0.3, 0.4) is 0 Å². The van der Waals surface area contributed by atoms with E-state index in [1.807, 2.05) is 17.9 Å². The van der Waals surface area contributed by atoms with Gasteiger partial charge in [0.2, 0.25) is 5.91 Å². The van der Waals surface area contributed by atoms with Gasteiger partial charge in [-0.15, -0.1) is 0 Å². The van der Waals surface area contributed by atoms with Crippen LogP contribution < -0.4 is 0 Å². The summed E-state index contributed by atoms with van der Waals surface area (Å²) in [6, 6.07) is 1.95. The molecule has 1 N–H and O–H groups in total. The standard InChI is InChI=1S/C14H17N5O/c1-9-8-11(18-17-9)13-14(16-6-5-15-13)12-4-3-7-19(12)10(2)20/h5-6,8,12H,3-4,7H2,1-2H3,(H,17,18)/t12-/m1/s1. The highest BCUT2D eigenvalue weighted by atomic mass is 16.2. The Morgan fingerprint density at radius 3 is 2.90 bits per heavy atom. The molecule has 1 amide bonds. The number of hydrogen-bond donors (Lipinski definition) is 1. The maximum atomic E-state index is 11.7. The molecule has 0 bridgehead atoms. The van der Waals surface area contributed by atoms with Crippen molar-refractivity contribution in [2.24, 2.45) is 0 Å². The fraction of sp³-hybridized carbons (Fsp3) is 0.429. The number of aromatic nitrogens is 4. The second kappa shape index (κ2) is 5.03. The molecule has 1 saturated heterocycles. The molecule has 2 aromatic rings. The predicted molar refractivity (Wildman–Crippen MR) is 73.7 cm³/mol. The minimum absolute atomic E-state index is 0.00760. The average Bonchev–Trinajstić information content (AvgIpc) is 3.07. The van der Waals surface area contributed by atoms with Crippen molar-refractivity contribution in [1.82, 2.24) is 25.1 Å². The summed E-state index contributed by atoms with van der Waals surface area (Å²) >= 11 is 0. The molecule has 0 spiro atoms. The normalized spacial score (nSPS) is 18.5. The SMILES string of the molecule is CC(=O)N1CCC[C@@H]1c1nccnc1-c1cc(C)[nH]n1. The summed E-state index contributed by atoms with van der Waals surface area (Å²) in [6.45, 7) is 4.34. The van der Waals surface area contributed by atoms with Crippen LogP contribution in [0.4, 0.5) is 0 Å². The van der Waals surface area contributed by atoms with Gasteiger partial charge in [-0.25, -0.2) is 0 Å². The van der Waals surface area contributed by atoms with Gasteiger partial charge in [0.15, 0.2) is 0 Å². The van der Waals surface area contributed by atoms with E-state index in [0.717, 1.165) is 42.2 Å². The number of aromatic amines is 1. The van der Waals surface area contributed by atoms with Crippen LogP contribution in [0, 0.1) is 6.92 Å². The lowest BCUT2D eigenvalue weighted by atomic mass is 10.1. The van der Waals surface area contributed by atoms with Crippen LogP contribution in [0.5, 0.6) is 0 Å². The van der Waals surface area contributed by atoms with Gasteiger partial charge in [0.05, 0.1) is 11.7 Å². The minimum Gasteiger partial charge on any atom is -0.334 e. The first-order valence-electron chi connectivity index (χ1n) is 6.77. The van der Waals surface area contributed by atoms with Crippen LogP contribution in [0.15, 0.2) is 18.5 Å². The van der Waals surface area contributed by atoms with Crippen molar-refractivity contribution in [3.05, 3.63) is 29.8 Å². The fourth-order valence-corrected chi connectivity index (χ4v) is 2.76. The average molecular weight is 271 g/mol. The van der Waals surface area contributed by atoms with Crippen molar-refractivity contribution in [3.8, 4) is 11.4 Å². The van der Waals surface area contributed by atoms with Gasteiger partial charge in [-0.1, -0.05) is 0 Å². The number of amides is 1. The fourth-order valence-electron chi connectivity index (χ4n) is 2.76. The monoisotopic (exact) mass is 271 g/mol. The van der Waals surface area contributed by atoms with E-state index in [2.05, 4.69) is 20.2 Å². The molecule has 0 aliphatic carbocycles. The summed E-state index contributed by atoms with van der Waals surface area (Å²) in [7, 11) is 0. The molecule has 2 aromatic heterocycles. The Kier molecular flexibility index (Phi) is 3.22. The Morgan fingerprint density at radius 2 is 2.20 bits per heavy atom. The zero-order valence-corrected chi connectivity index (χ0v) is 11.6. The van der Waals surface area contributed by atoms with E-state index in [4.69, 9.17) is 0 Å². The molecular formula is C14H17N5O. The molecule has 0 aromatic carbocycles. The van der Waals surface area contributed by atoms with Crippen molar-refractivity contribution in [1.29, 1.82) is 0 Å². The van der Waals surface area contributed by atoms with Gasteiger partial charge in [0.25, 0.3) is 0 Å². The van der Waals surface area contributed by atoms with Gasteiger partial charge in [-0.2, -0.15) is 5.10 Å². The van der Waals surface area contributed by atoms with E-state index >= 15 is 0 Å². The van der Waals surface area contributed by atoms with Gasteiger partial charge in [-0.3, -0.25) is 19.9 Å². The number of nitrogens with zero attached hydrogens (tertiary/aromatic N) is 4. The van der Waals surface area contributed by atoms with Crippen LogP contribution in [0.25, 0.3) is 11.4 Å². The van der Waals surface area contributed by atoms with E-state index < -0.39 is 0 Å². The lowest BCUT2D eigenvalue weighted by molar-refractivity contribution is -0.129. The molecule has 1 fully saturated rings. The highest BCUT2D eigenvalue weighted by Gasteiger charge is 2.31. The smallest absolute Gasteiger partial charge is 0.220 e. The second-order valence-corrected chi connectivity index (χ2v) is 5.10. The largest absolute Gasteiger partial charge is 0.334 e. The number of nitrogens with one attached hydrogen (secondary N) is 1. The minimum atomic E-state index is 0.00760. The number of likely N-dealkylation sites (tertiary alicyclic amines) is 1. The Labute approximate surface area is 117 Å². The Balaban J connectivity index is 2.04. The van der Waals surface area contributed by atoms with E-state index in [0.29, 0.717) is 0 Å². The molecule has 3 rings (SSSR count). The molecule has 6 heteroatoms. The van der Waals surface area contributed by atoms with Gasteiger partial charge < -0.3 is 4.90 Å². The Bertz CT molecular complexity index is 636. The van der Waals surface area contributed by atoms with Crippen LogP contribution in [0.2, 0.25) is 0 Å². The molecule has 1 aliphatic heterocycles. The van der Waals surface area contributed by atoms with Crippen molar-refractivity contribution < 1.29 is 4.79 Å². The highest BCUT2D eigenvalue weighted by molar-refractivity contribution is 5.74. The molecule has 1 aliphatic rings. The molecule has 6 nitrogen and oxygen atoms in total. The van der Waals surface area contributed by atoms with Crippen molar-refractivity contribution in [3.63, 3.8) is 0 Å². The number of H-pyrrole nitrogens is 1. The number of hydrogen-bond acceptors (Lipinski definition) is 4. The third-order valence-corrected chi connectivity index (χ3v) is 3.65. The van der Waals surface area contributed by atoms with Crippen molar-refractivity contribution in [2.45, 2.75) is 32.7 Å². The maximum absolute atomic E-state index is 11.7. The Hall–Kier alpha value is -2.24. The summed E-state index contributed by atoms with van der Waals surface area (Å²) in [5.74, 6) is 0.0855. The van der Waals surface area contributed by atoms with Gasteiger partial charge >= 0.3 is 0 Å². The number of rotatable bonds is 2. The summed E-state index contributed by atoms with van der Waals surface area (Å²) in [5, 5.41) is 7.18. The second-order valence-electron chi connectivity index (χ2n) is 5.10. The third-order valence-electron chi connectivity index (χ3n) is 3.65. The van der Waals surface area contributed by atoms with Gasteiger partial charge in [-0.05, 0) is 25.8 Å². The lowest BCUT2D eigenvalue weighted by Gasteiger charge is -2.23. The van der Waals surface area contributed by atoms with Crippen molar-refractivity contribution in [2.75, 3.05) is 6.54 Å². The van der Waals surface area contributed by atoms with Crippen LogP contribution in [0.1, 0.15) is 37.2 Å². The maximum Gasteiger partial charge on any atom is 0.220 e. The van der Waals surface area contributed by atoms with Gasteiger partial charge in [0, 0.05) is 31.6 Å². The predicted octanol–water partition coefficient (Wildman–Crippen LogP) is 1.86.